The van der Waals surface area contributed by atoms with Crippen molar-refractivity contribution < 1.29 is 29.0 Å². The van der Waals surface area contributed by atoms with Gasteiger partial charge in [-0.1, -0.05) is 0 Å². The van der Waals surface area contributed by atoms with Crippen molar-refractivity contribution in [2.45, 2.75) is 44.8 Å². The van der Waals surface area contributed by atoms with Crippen LogP contribution in [0.15, 0.2) is 51.8 Å². The molecule has 0 radical (unpaired) electrons. The number of amides is 1. The number of hydrogen-bond donors (Lipinski definition) is 4. The molecule has 2 atom stereocenters. The average Bonchev–Trinajstić information content (AvgIpc) is 3.46. The van der Waals surface area contributed by atoms with Crippen LogP contribution in [-0.2, 0) is 28.9 Å². The summed E-state index contributed by atoms with van der Waals surface area (Å²) in [5.74, 6) is -1.40. The van der Waals surface area contributed by atoms with Gasteiger partial charge in [0.25, 0.3) is 5.91 Å². The summed E-state index contributed by atoms with van der Waals surface area (Å²) in [4.78, 5) is 39.9. The Balaban J connectivity index is 1.30. The Hall–Kier alpha value is -4.27. The molecule has 4 aromatic rings. The molecule has 2 heterocycles. The lowest BCUT2D eigenvalue weighted by Gasteiger charge is -2.19. The molecule has 1 aliphatic rings. The Morgan fingerprint density at radius 2 is 1.94 bits per heavy atom. The predicted octanol–water partition coefficient (Wildman–Crippen LogP) is 3.05. The quantitative estimate of drug-likeness (QED) is 0.300. The highest BCUT2D eigenvalue weighted by Crippen LogP contribution is 2.30. The summed E-state index contributed by atoms with van der Waals surface area (Å²) in [5.41, 5.74) is 3.18. The number of ether oxygens (including phenoxy) is 1. The fourth-order valence-corrected chi connectivity index (χ4v) is 4.64. The summed E-state index contributed by atoms with van der Waals surface area (Å²) >= 11 is 0. The van der Waals surface area contributed by atoms with E-state index in [-0.39, 0.29) is 17.8 Å². The first-order valence-electron chi connectivity index (χ1n) is 11.4. The third kappa shape index (κ3) is 4.32. The van der Waals surface area contributed by atoms with E-state index in [0.717, 1.165) is 34.9 Å². The van der Waals surface area contributed by atoms with Crippen LogP contribution in [-0.4, -0.2) is 39.2 Å². The van der Waals surface area contributed by atoms with Crippen LogP contribution >= 0.6 is 0 Å². The fourth-order valence-electron chi connectivity index (χ4n) is 4.64. The van der Waals surface area contributed by atoms with Gasteiger partial charge in [0.15, 0.2) is 6.10 Å². The van der Waals surface area contributed by atoms with E-state index >= 15 is 0 Å². The number of fused-ring (bicyclic) bond motifs is 4. The van der Waals surface area contributed by atoms with Crippen molar-refractivity contribution in [2.24, 2.45) is 0 Å². The van der Waals surface area contributed by atoms with Gasteiger partial charge in [0.05, 0.1) is 0 Å². The molecule has 4 N–H and O–H groups in total. The Morgan fingerprint density at radius 1 is 1.14 bits per heavy atom. The number of carbonyl (C=O) groups is 2. The van der Waals surface area contributed by atoms with Crippen LogP contribution in [0.25, 0.3) is 21.9 Å². The number of aliphatic carboxylic acids is 1. The molecular formula is C26H24N2O7. The first kappa shape index (κ1) is 22.5. The van der Waals surface area contributed by atoms with Gasteiger partial charge in [-0.2, -0.15) is 0 Å². The highest BCUT2D eigenvalue weighted by molar-refractivity contribution is 5.89. The normalized spacial score (nSPS) is 14.5. The summed E-state index contributed by atoms with van der Waals surface area (Å²) in [7, 11) is 0. The van der Waals surface area contributed by atoms with Gasteiger partial charge in [-0.05, 0) is 67.6 Å². The van der Waals surface area contributed by atoms with Crippen LogP contribution in [0.3, 0.4) is 0 Å². The van der Waals surface area contributed by atoms with Crippen LogP contribution in [0.4, 0.5) is 0 Å². The molecule has 1 amide bonds. The largest absolute Gasteiger partial charge is 0.508 e. The number of carboxylic acids is 1. The topological polar surface area (TPSA) is 142 Å². The van der Waals surface area contributed by atoms with E-state index in [2.05, 4.69) is 10.3 Å². The number of nitrogens with one attached hydrogen (secondary N) is 2. The van der Waals surface area contributed by atoms with Crippen LogP contribution in [0.5, 0.6) is 11.5 Å². The smallest absolute Gasteiger partial charge is 0.339 e. The number of phenols is 1. The zero-order chi connectivity index (χ0) is 24.7. The lowest BCUT2D eigenvalue weighted by molar-refractivity contribution is -0.142. The van der Waals surface area contributed by atoms with E-state index < -0.39 is 24.0 Å². The van der Waals surface area contributed by atoms with E-state index in [0.29, 0.717) is 28.7 Å². The number of benzene rings is 2. The monoisotopic (exact) mass is 476 g/mol. The molecule has 5 rings (SSSR count). The van der Waals surface area contributed by atoms with E-state index in [1.54, 1.807) is 30.5 Å². The summed E-state index contributed by atoms with van der Waals surface area (Å²) in [6.07, 6.45) is 3.13. The van der Waals surface area contributed by atoms with Crippen molar-refractivity contribution in [1.29, 1.82) is 0 Å². The number of carboxylic acid groups (broad SMARTS) is 1. The maximum absolute atomic E-state index is 12.8. The van der Waals surface area contributed by atoms with Crippen molar-refractivity contribution in [3.8, 4) is 11.5 Å². The molecule has 9 nitrogen and oxygen atoms in total. The van der Waals surface area contributed by atoms with Crippen molar-refractivity contribution >= 4 is 33.7 Å². The molecule has 1 aliphatic carbocycles. The maximum atomic E-state index is 12.8. The SMILES string of the molecule is C[C@H](Oc1ccc2c3c(c(=O)oc2c1)CCC3)C(=O)N[C@H](Cc1c[nH]c2ccc(O)cc12)C(=O)O. The second kappa shape index (κ2) is 8.83. The van der Waals surface area contributed by atoms with Gasteiger partial charge >= 0.3 is 11.6 Å². The third-order valence-corrected chi connectivity index (χ3v) is 6.42. The van der Waals surface area contributed by atoms with Crippen LogP contribution in [0.1, 0.15) is 30.0 Å². The number of aromatic hydroxyl groups is 1. The number of H-pyrrole nitrogens is 1. The number of carbonyl (C=O) groups excluding carboxylic acids is 1. The molecule has 0 aliphatic heterocycles. The van der Waals surface area contributed by atoms with Crippen molar-refractivity contribution in [3.63, 3.8) is 0 Å². The molecule has 0 bridgehead atoms. The summed E-state index contributed by atoms with van der Waals surface area (Å²) < 4.78 is 11.2. The van der Waals surface area contributed by atoms with Gasteiger partial charge in [0.1, 0.15) is 23.1 Å². The van der Waals surface area contributed by atoms with E-state index in [9.17, 15) is 24.6 Å². The number of aryl methyl sites for hydroxylation is 1. The van der Waals surface area contributed by atoms with Crippen molar-refractivity contribution in [1.82, 2.24) is 10.3 Å². The molecule has 0 unspecified atom stereocenters. The molecule has 0 spiro atoms. The predicted molar refractivity (Wildman–Crippen MR) is 128 cm³/mol. The van der Waals surface area contributed by atoms with Crippen molar-refractivity contribution in [3.05, 3.63) is 69.7 Å². The highest BCUT2D eigenvalue weighted by Gasteiger charge is 2.26. The minimum Gasteiger partial charge on any atom is -0.508 e. The Kier molecular flexibility index (Phi) is 5.68. The number of phenolic OH excluding ortho intramolecular Hbond substituents is 1. The minimum atomic E-state index is -1.20. The Morgan fingerprint density at radius 3 is 2.74 bits per heavy atom. The minimum absolute atomic E-state index is 0.0173. The standard InChI is InChI=1S/C26H24N2O7/c1-13(34-16-6-7-18-17-3-2-4-19(17)26(33)35-23(18)11-16)24(30)28-22(25(31)32)9-14-12-27-21-8-5-15(29)10-20(14)21/h5-8,10-13,22,27,29H,2-4,9H2,1H3,(H,28,30)(H,31,32)/t13-,22+/m0/s1. The third-order valence-electron chi connectivity index (χ3n) is 6.42. The molecular weight excluding hydrogens is 452 g/mol. The second-order valence-corrected chi connectivity index (χ2v) is 8.77. The maximum Gasteiger partial charge on any atom is 0.339 e. The van der Waals surface area contributed by atoms with Gasteiger partial charge in [-0.3, -0.25) is 4.79 Å². The molecule has 0 fully saturated rings. The molecule has 2 aromatic carbocycles. The average molecular weight is 476 g/mol. The van der Waals surface area contributed by atoms with Gasteiger partial charge in [-0.25, -0.2) is 9.59 Å². The van der Waals surface area contributed by atoms with Crippen molar-refractivity contribution in [2.75, 3.05) is 0 Å². The second-order valence-electron chi connectivity index (χ2n) is 8.77. The zero-order valence-corrected chi connectivity index (χ0v) is 19.0. The Labute approximate surface area is 199 Å². The van der Waals surface area contributed by atoms with E-state index in [1.807, 2.05) is 6.07 Å². The first-order chi connectivity index (χ1) is 16.8. The number of hydrogen-bond acceptors (Lipinski definition) is 6. The van der Waals surface area contributed by atoms with Crippen LogP contribution < -0.4 is 15.7 Å². The number of aromatic nitrogens is 1. The lowest BCUT2D eigenvalue weighted by Crippen LogP contribution is -2.47. The zero-order valence-electron chi connectivity index (χ0n) is 19.0. The van der Waals surface area contributed by atoms with Gasteiger partial charge in [-0.15, -0.1) is 0 Å². The molecule has 0 saturated heterocycles. The van der Waals surface area contributed by atoms with Crippen LogP contribution in [0.2, 0.25) is 0 Å². The molecule has 0 saturated carbocycles. The van der Waals surface area contributed by atoms with E-state index in [1.165, 1.54) is 13.0 Å². The highest BCUT2D eigenvalue weighted by atomic mass is 16.5. The van der Waals surface area contributed by atoms with Gasteiger partial charge in [0, 0.05) is 40.5 Å². The number of rotatable bonds is 7. The summed E-state index contributed by atoms with van der Waals surface area (Å²) in [6, 6.07) is 8.66. The summed E-state index contributed by atoms with van der Waals surface area (Å²) in [5, 5.41) is 23.5. The van der Waals surface area contributed by atoms with Gasteiger partial charge in [0.2, 0.25) is 0 Å². The lowest BCUT2D eigenvalue weighted by atomic mass is 10.0. The molecule has 180 valence electrons. The van der Waals surface area contributed by atoms with Crippen LogP contribution in [0, 0.1) is 0 Å². The molecule has 35 heavy (non-hydrogen) atoms. The van der Waals surface area contributed by atoms with E-state index in [4.69, 9.17) is 9.15 Å². The Bertz CT molecular complexity index is 1520. The molecule has 2 aromatic heterocycles. The summed E-state index contributed by atoms with van der Waals surface area (Å²) in [6.45, 7) is 1.51. The fraction of sp³-hybridized carbons (Fsp3) is 0.269. The number of aromatic amines is 1. The molecule has 9 heteroatoms. The first-order valence-corrected chi connectivity index (χ1v) is 11.4. The van der Waals surface area contributed by atoms with Gasteiger partial charge < -0.3 is 29.7 Å².